The van der Waals surface area contributed by atoms with Crippen molar-refractivity contribution in [2.75, 3.05) is 18.6 Å². The second kappa shape index (κ2) is 5.91. The molecule has 0 amide bonds. The van der Waals surface area contributed by atoms with E-state index in [0.717, 1.165) is 7.11 Å². The highest BCUT2D eigenvalue weighted by Gasteiger charge is 2.68. The van der Waals surface area contributed by atoms with E-state index in [2.05, 4.69) is 4.18 Å². The summed E-state index contributed by atoms with van der Waals surface area (Å²) in [5, 5.41) is 0. The van der Waals surface area contributed by atoms with Crippen molar-refractivity contribution in [1.82, 2.24) is 0 Å². The van der Waals surface area contributed by atoms with Crippen molar-refractivity contribution in [3.63, 3.8) is 0 Å². The van der Waals surface area contributed by atoms with Crippen LogP contribution in [0.25, 0.3) is 0 Å². The van der Waals surface area contributed by atoms with Crippen LogP contribution in [0.15, 0.2) is 0 Å². The fourth-order valence-corrected chi connectivity index (χ4v) is 3.29. The van der Waals surface area contributed by atoms with Crippen LogP contribution in [0.4, 0.5) is 8.78 Å². The molecule has 1 fully saturated rings. The topological polar surface area (TPSA) is 116 Å². The Morgan fingerprint density at radius 1 is 1.14 bits per heavy atom. The number of alkyl halides is 2. The highest BCUT2D eigenvalue weighted by atomic mass is 32.2. The van der Waals surface area contributed by atoms with Crippen LogP contribution in [0.2, 0.25) is 0 Å². The Bertz CT molecular complexity index is 621. The first-order valence-corrected chi connectivity index (χ1v) is 9.40. The van der Waals surface area contributed by atoms with Crippen LogP contribution in [0.3, 0.4) is 0 Å². The number of rotatable bonds is 7. The van der Waals surface area contributed by atoms with Crippen LogP contribution in [-0.4, -0.2) is 57.5 Å². The fraction of sp³-hybridized carbons (Fsp3) is 1.00. The molecular formula is C10H18F2O8S2. The minimum Gasteiger partial charge on any atom is -0.309 e. The standard InChI is InChI=1S/C10H18F2O8S2/c1-4-8(2)19-9(11,5-6-21(13,14)15)10(12,20-8)7-22(16,17)18-3/h4-7H2,1-3H3,(H,13,14,15). The average Bonchev–Trinajstić information content (AvgIpc) is 2.54. The first-order chi connectivity index (χ1) is 9.70. The summed E-state index contributed by atoms with van der Waals surface area (Å²) in [5.74, 6) is -11.4. The second-order valence-electron chi connectivity index (χ2n) is 5.05. The monoisotopic (exact) mass is 368 g/mol. The first-order valence-electron chi connectivity index (χ1n) is 6.21. The molecule has 0 aromatic heterocycles. The summed E-state index contributed by atoms with van der Waals surface area (Å²) in [6, 6.07) is 0. The van der Waals surface area contributed by atoms with Crippen molar-refractivity contribution in [2.24, 2.45) is 0 Å². The zero-order valence-electron chi connectivity index (χ0n) is 12.2. The Morgan fingerprint density at radius 2 is 1.64 bits per heavy atom. The molecule has 12 heteroatoms. The van der Waals surface area contributed by atoms with Gasteiger partial charge in [0, 0.05) is 6.42 Å². The van der Waals surface area contributed by atoms with Gasteiger partial charge in [0.1, 0.15) is 5.75 Å². The molecule has 3 atom stereocenters. The van der Waals surface area contributed by atoms with Crippen LogP contribution in [-0.2, 0) is 33.9 Å². The molecule has 8 nitrogen and oxygen atoms in total. The molecular weight excluding hydrogens is 350 g/mol. The lowest BCUT2D eigenvalue weighted by Crippen LogP contribution is -2.50. The molecule has 1 rings (SSSR count). The quantitative estimate of drug-likeness (QED) is 0.517. The Labute approximate surface area is 127 Å². The molecule has 3 unspecified atom stereocenters. The Balaban J connectivity index is 3.19. The zero-order valence-corrected chi connectivity index (χ0v) is 13.8. The van der Waals surface area contributed by atoms with Gasteiger partial charge in [-0.15, -0.1) is 0 Å². The Kier molecular flexibility index (Phi) is 5.28. The van der Waals surface area contributed by atoms with Crippen molar-refractivity contribution in [2.45, 2.75) is 44.2 Å². The molecule has 0 aliphatic carbocycles. The summed E-state index contributed by atoms with van der Waals surface area (Å²) in [4.78, 5) is 0. The third kappa shape index (κ3) is 4.32. The fourth-order valence-electron chi connectivity index (χ4n) is 1.92. The predicted molar refractivity (Wildman–Crippen MR) is 70.4 cm³/mol. The summed E-state index contributed by atoms with van der Waals surface area (Å²) < 4.78 is 96.4. The van der Waals surface area contributed by atoms with Crippen LogP contribution < -0.4 is 0 Å². The van der Waals surface area contributed by atoms with E-state index in [1.807, 2.05) is 0 Å². The van der Waals surface area contributed by atoms with Crippen LogP contribution in [0.5, 0.6) is 0 Å². The number of hydrogen-bond donors (Lipinski definition) is 1. The van der Waals surface area contributed by atoms with Gasteiger partial charge in [-0.2, -0.15) is 16.8 Å². The molecule has 1 saturated heterocycles. The van der Waals surface area contributed by atoms with Crippen LogP contribution in [0, 0.1) is 0 Å². The van der Waals surface area contributed by atoms with Gasteiger partial charge in [0.2, 0.25) is 0 Å². The third-order valence-corrected chi connectivity index (χ3v) is 5.21. The van der Waals surface area contributed by atoms with Gasteiger partial charge in [-0.3, -0.25) is 8.74 Å². The van der Waals surface area contributed by atoms with E-state index in [4.69, 9.17) is 14.0 Å². The maximum absolute atomic E-state index is 14.8. The molecule has 1 aliphatic rings. The Morgan fingerprint density at radius 3 is 2.05 bits per heavy atom. The van der Waals surface area contributed by atoms with Crippen LogP contribution >= 0.6 is 0 Å². The second-order valence-corrected chi connectivity index (χ2v) is 8.36. The minimum atomic E-state index is -4.62. The van der Waals surface area contributed by atoms with Gasteiger partial charge in [0.15, 0.2) is 5.79 Å². The lowest BCUT2D eigenvalue weighted by atomic mass is 10.1. The average molecular weight is 368 g/mol. The molecule has 1 aliphatic heterocycles. The minimum absolute atomic E-state index is 0.0384. The predicted octanol–water partition coefficient (Wildman–Crippen LogP) is 0.745. The van der Waals surface area contributed by atoms with Gasteiger partial charge in [-0.05, 0) is 13.3 Å². The smallest absolute Gasteiger partial charge is 0.287 e. The summed E-state index contributed by atoms with van der Waals surface area (Å²) in [5.41, 5.74) is 0. The molecule has 0 aromatic carbocycles. The zero-order chi connectivity index (χ0) is 17.4. The maximum atomic E-state index is 14.8. The van der Waals surface area contributed by atoms with Gasteiger partial charge >= 0.3 is 0 Å². The maximum Gasteiger partial charge on any atom is 0.287 e. The largest absolute Gasteiger partial charge is 0.309 e. The van der Waals surface area contributed by atoms with E-state index in [1.165, 1.54) is 13.8 Å². The molecule has 132 valence electrons. The summed E-state index contributed by atoms with van der Waals surface area (Å²) in [7, 11) is -8.34. The molecule has 1 heterocycles. The van der Waals surface area contributed by atoms with Crippen molar-refractivity contribution in [3.8, 4) is 0 Å². The summed E-state index contributed by atoms with van der Waals surface area (Å²) in [6.07, 6.45) is -1.19. The van der Waals surface area contributed by atoms with E-state index in [0.29, 0.717) is 0 Å². The number of halogens is 2. The van der Waals surface area contributed by atoms with Gasteiger partial charge in [-0.1, -0.05) is 6.92 Å². The van der Waals surface area contributed by atoms with E-state index in [9.17, 15) is 25.6 Å². The summed E-state index contributed by atoms with van der Waals surface area (Å²) >= 11 is 0. The lowest BCUT2D eigenvalue weighted by molar-refractivity contribution is -0.210. The van der Waals surface area contributed by atoms with Gasteiger partial charge in [0.05, 0.1) is 12.9 Å². The SMILES string of the molecule is CCC1(C)OC(F)(CCS(=O)(=O)O)C(F)(CS(=O)(=O)OC)O1. The van der Waals surface area contributed by atoms with Crippen molar-refractivity contribution >= 4 is 20.2 Å². The van der Waals surface area contributed by atoms with Gasteiger partial charge in [-0.25, -0.2) is 8.78 Å². The molecule has 0 spiro atoms. The van der Waals surface area contributed by atoms with E-state index < -0.39 is 55.7 Å². The first kappa shape index (κ1) is 19.6. The van der Waals surface area contributed by atoms with E-state index in [-0.39, 0.29) is 6.42 Å². The molecule has 22 heavy (non-hydrogen) atoms. The van der Waals surface area contributed by atoms with Crippen LogP contribution in [0.1, 0.15) is 26.7 Å². The highest BCUT2D eigenvalue weighted by Crippen LogP contribution is 2.50. The molecule has 0 bridgehead atoms. The normalized spacial score (nSPS) is 36.6. The van der Waals surface area contributed by atoms with Crippen molar-refractivity contribution in [3.05, 3.63) is 0 Å². The lowest BCUT2D eigenvalue weighted by Gasteiger charge is -2.28. The van der Waals surface area contributed by atoms with Gasteiger partial charge < -0.3 is 9.47 Å². The summed E-state index contributed by atoms with van der Waals surface area (Å²) in [6.45, 7) is 2.65. The van der Waals surface area contributed by atoms with Crippen molar-refractivity contribution < 1.29 is 43.8 Å². The highest BCUT2D eigenvalue weighted by molar-refractivity contribution is 7.86. The molecule has 0 aromatic rings. The molecule has 0 saturated carbocycles. The molecule has 0 radical (unpaired) electrons. The van der Waals surface area contributed by atoms with Gasteiger partial charge in [0.25, 0.3) is 31.9 Å². The number of hydrogen-bond acceptors (Lipinski definition) is 7. The molecule has 1 N–H and O–H groups in total. The van der Waals surface area contributed by atoms with E-state index in [1.54, 1.807) is 0 Å². The van der Waals surface area contributed by atoms with E-state index >= 15 is 0 Å². The number of ether oxygens (including phenoxy) is 2. The Hall–Kier alpha value is -0.400. The van der Waals surface area contributed by atoms with Crippen molar-refractivity contribution in [1.29, 1.82) is 0 Å². The third-order valence-electron chi connectivity index (χ3n) is 3.25.